The van der Waals surface area contributed by atoms with E-state index in [2.05, 4.69) is 29.1 Å². The maximum atomic E-state index is 12.7. The van der Waals surface area contributed by atoms with Gasteiger partial charge in [-0.1, -0.05) is 56.5 Å². The van der Waals surface area contributed by atoms with E-state index in [1.54, 1.807) is 11.3 Å². The topological polar surface area (TPSA) is 46.9 Å². The van der Waals surface area contributed by atoms with Crippen LogP contribution in [-0.4, -0.2) is 22.0 Å². The Hall–Kier alpha value is -2.11. The number of hydrogen-bond acceptors (Lipinski definition) is 3. The highest BCUT2D eigenvalue weighted by Gasteiger charge is 2.20. The number of carbonyl (C=O) groups excluding carboxylic acids is 1. The minimum atomic E-state index is -0.00555. The Morgan fingerprint density at radius 2 is 1.97 bits per heavy atom. The standard InChI is InChI=1S/C23H28ClN3OS/c1-4-6-12-25-22(28)18-14-21(27(16(18)3)13-7-5-2)20-15-29-23(26-20)17-10-8-9-11-19(17)24/h8-11,14-15H,4-7,12-13H2,1-3H3,(H,25,28). The van der Waals surface area contributed by atoms with E-state index in [1.807, 2.05) is 37.3 Å². The summed E-state index contributed by atoms with van der Waals surface area (Å²) in [4.78, 5) is 17.6. The molecule has 154 valence electrons. The largest absolute Gasteiger partial charge is 0.352 e. The molecule has 0 spiro atoms. The van der Waals surface area contributed by atoms with Crippen LogP contribution in [0.1, 0.15) is 55.6 Å². The fourth-order valence-electron chi connectivity index (χ4n) is 3.32. The number of rotatable bonds is 9. The van der Waals surface area contributed by atoms with Gasteiger partial charge in [0.2, 0.25) is 0 Å². The molecule has 0 radical (unpaired) electrons. The van der Waals surface area contributed by atoms with Gasteiger partial charge in [-0.25, -0.2) is 4.98 Å². The minimum Gasteiger partial charge on any atom is -0.352 e. The van der Waals surface area contributed by atoms with Crippen LogP contribution in [-0.2, 0) is 6.54 Å². The van der Waals surface area contributed by atoms with Gasteiger partial charge >= 0.3 is 0 Å². The van der Waals surface area contributed by atoms with E-state index in [-0.39, 0.29) is 5.91 Å². The number of benzene rings is 1. The van der Waals surface area contributed by atoms with Crippen LogP contribution in [0, 0.1) is 6.92 Å². The second-order valence-electron chi connectivity index (χ2n) is 7.16. The number of amides is 1. The van der Waals surface area contributed by atoms with Gasteiger partial charge in [0.25, 0.3) is 5.91 Å². The van der Waals surface area contributed by atoms with Crippen molar-refractivity contribution in [1.29, 1.82) is 0 Å². The Labute approximate surface area is 181 Å². The van der Waals surface area contributed by atoms with Crippen molar-refractivity contribution in [2.24, 2.45) is 0 Å². The third kappa shape index (κ3) is 4.90. The summed E-state index contributed by atoms with van der Waals surface area (Å²) >= 11 is 7.93. The monoisotopic (exact) mass is 429 g/mol. The van der Waals surface area contributed by atoms with Gasteiger partial charge in [-0.05, 0) is 31.9 Å². The van der Waals surface area contributed by atoms with Crippen LogP contribution in [0.25, 0.3) is 22.0 Å². The second kappa shape index (κ2) is 10.1. The highest BCUT2D eigenvalue weighted by atomic mass is 35.5. The van der Waals surface area contributed by atoms with E-state index in [1.165, 1.54) is 0 Å². The summed E-state index contributed by atoms with van der Waals surface area (Å²) in [6, 6.07) is 9.74. The first-order valence-electron chi connectivity index (χ1n) is 10.3. The molecule has 4 nitrogen and oxygen atoms in total. The third-order valence-electron chi connectivity index (χ3n) is 5.03. The zero-order valence-electron chi connectivity index (χ0n) is 17.3. The van der Waals surface area contributed by atoms with E-state index in [0.29, 0.717) is 11.6 Å². The Balaban J connectivity index is 1.96. The molecule has 0 bridgehead atoms. The molecule has 29 heavy (non-hydrogen) atoms. The molecule has 2 heterocycles. The van der Waals surface area contributed by atoms with Gasteiger partial charge in [-0.2, -0.15) is 0 Å². The van der Waals surface area contributed by atoms with Crippen molar-refractivity contribution in [2.45, 2.75) is 53.0 Å². The Bertz CT molecular complexity index is 976. The molecule has 0 atom stereocenters. The molecular formula is C23H28ClN3OS. The number of unbranched alkanes of at least 4 members (excludes halogenated alkanes) is 2. The molecule has 1 amide bonds. The Morgan fingerprint density at radius 3 is 2.69 bits per heavy atom. The van der Waals surface area contributed by atoms with E-state index >= 15 is 0 Å². The summed E-state index contributed by atoms with van der Waals surface area (Å²) in [5.41, 5.74) is 4.54. The lowest BCUT2D eigenvalue weighted by molar-refractivity contribution is 0.0952. The predicted molar refractivity (Wildman–Crippen MR) is 123 cm³/mol. The lowest BCUT2D eigenvalue weighted by Crippen LogP contribution is -2.24. The van der Waals surface area contributed by atoms with Crippen molar-refractivity contribution in [1.82, 2.24) is 14.9 Å². The molecular weight excluding hydrogens is 402 g/mol. The number of nitrogens with one attached hydrogen (secondary N) is 1. The number of thiazole rings is 1. The summed E-state index contributed by atoms with van der Waals surface area (Å²) in [5, 5.41) is 6.68. The number of halogens is 1. The van der Waals surface area contributed by atoms with E-state index in [0.717, 1.165) is 65.4 Å². The van der Waals surface area contributed by atoms with E-state index < -0.39 is 0 Å². The summed E-state index contributed by atoms with van der Waals surface area (Å²) in [5.74, 6) is -0.00555. The van der Waals surface area contributed by atoms with Crippen LogP contribution in [0.4, 0.5) is 0 Å². The number of aromatic nitrogens is 2. The molecule has 0 aliphatic rings. The number of carbonyl (C=O) groups is 1. The Morgan fingerprint density at radius 1 is 1.21 bits per heavy atom. The van der Waals surface area contributed by atoms with Gasteiger partial charge in [0.15, 0.2) is 0 Å². The lowest BCUT2D eigenvalue weighted by atomic mass is 10.2. The average Bonchev–Trinajstić information content (AvgIpc) is 3.32. The maximum Gasteiger partial charge on any atom is 0.253 e. The molecule has 0 aliphatic heterocycles. The normalized spacial score (nSPS) is 11.0. The predicted octanol–water partition coefficient (Wildman–Crippen LogP) is 6.57. The molecule has 3 rings (SSSR count). The minimum absolute atomic E-state index is 0.00555. The van der Waals surface area contributed by atoms with Gasteiger partial charge in [0.05, 0.1) is 22.0 Å². The maximum absolute atomic E-state index is 12.7. The summed E-state index contributed by atoms with van der Waals surface area (Å²) in [7, 11) is 0. The van der Waals surface area contributed by atoms with Crippen LogP contribution >= 0.6 is 22.9 Å². The molecule has 6 heteroatoms. The average molecular weight is 430 g/mol. The summed E-state index contributed by atoms with van der Waals surface area (Å²) in [6.45, 7) is 7.90. The molecule has 0 unspecified atom stereocenters. The zero-order valence-corrected chi connectivity index (χ0v) is 18.9. The molecule has 0 saturated heterocycles. The highest BCUT2D eigenvalue weighted by molar-refractivity contribution is 7.13. The highest BCUT2D eigenvalue weighted by Crippen LogP contribution is 2.34. The molecule has 3 aromatic rings. The van der Waals surface area contributed by atoms with Crippen molar-refractivity contribution in [2.75, 3.05) is 6.54 Å². The van der Waals surface area contributed by atoms with Gasteiger partial charge in [0.1, 0.15) is 5.01 Å². The van der Waals surface area contributed by atoms with Crippen LogP contribution in [0.5, 0.6) is 0 Å². The van der Waals surface area contributed by atoms with E-state index in [9.17, 15) is 4.79 Å². The molecule has 2 aromatic heterocycles. The van der Waals surface area contributed by atoms with E-state index in [4.69, 9.17) is 16.6 Å². The summed E-state index contributed by atoms with van der Waals surface area (Å²) in [6.07, 6.45) is 4.20. The third-order valence-corrected chi connectivity index (χ3v) is 6.24. The van der Waals surface area contributed by atoms with Crippen LogP contribution in [0.3, 0.4) is 0 Å². The number of hydrogen-bond donors (Lipinski definition) is 1. The van der Waals surface area contributed by atoms with Crippen molar-refractivity contribution in [3.05, 3.63) is 52.0 Å². The fraction of sp³-hybridized carbons (Fsp3) is 0.391. The first-order chi connectivity index (χ1) is 14.1. The summed E-state index contributed by atoms with van der Waals surface area (Å²) < 4.78 is 2.23. The molecule has 1 aromatic carbocycles. The number of nitrogens with zero attached hydrogens (tertiary/aromatic N) is 2. The van der Waals surface area contributed by atoms with Crippen LogP contribution in [0.15, 0.2) is 35.7 Å². The van der Waals surface area contributed by atoms with Gasteiger partial charge in [-0.3, -0.25) is 4.79 Å². The van der Waals surface area contributed by atoms with Crippen molar-refractivity contribution in [3.8, 4) is 22.0 Å². The molecule has 0 aliphatic carbocycles. The fourth-order valence-corrected chi connectivity index (χ4v) is 4.45. The van der Waals surface area contributed by atoms with Gasteiger partial charge < -0.3 is 9.88 Å². The second-order valence-corrected chi connectivity index (χ2v) is 8.43. The molecule has 0 saturated carbocycles. The van der Waals surface area contributed by atoms with Crippen molar-refractivity contribution >= 4 is 28.8 Å². The lowest BCUT2D eigenvalue weighted by Gasteiger charge is -2.10. The Kier molecular flexibility index (Phi) is 7.51. The van der Waals surface area contributed by atoms with Crippen LogP contribution < -0.4 is 5.32 Å². The SMILES string of the molecule is CCCCNC(=O)c1cc(-c2csc(-c3ccccc3Cl)n2)n(CCCC)c1C. The van der Waals surface area contributed by atoms with Crippen molar-refractivity contribution < 1.29 is 4.79 Å². The first kappa shape index (κ1) is 21.6. The molecule has 0 fully saturated rings. The van der Waals surface area contributed by atoms with Crippen LogP contribution in [0.2, 0.25) is 5.02 Å². The molecule has 1 N–H and O–H groups in total. The van der Waals surface area contributed by atoms with Crippen molar-refractivity contribution in [3.63, 3.8) is 0 Å². The smallest absolute Gasteiger partial charge is 0.253 e. The van der Waals surface area contributed by atoms with Gasteiger partial charge in [-0.15, -0.1) is 11.3 Å². The quantitative estimate of drug-likeness (QED) is 0.391. The van der Waals surface area contributed by atoms with Gasteiger partial charge in [0, 0.05) is 29.7 Å². The zero-order chi connectivity index (χ0) is 20.8. The first-order valence-corrected chi connectivity index (χ1v) is 11.5.